The number of hydrogen-bond acceptors (Lipinski definition) is 3. The molecule has 0 bridgehead atoms. The Morgan fingerprint density at radius 1 is 1.28 bits per heavy atom. The highest BCUT2D eigenvalue weighted by atomic mass is 32.2. The van der Waals surface area contributed by atoms with Crippen LogP contribution in [-0.4, -0.2) is 17.3 Å². The highest BCUT2D eigenvalue weighted by Gasteiger charge is 2.50. The number of carboxylic acids is 1. The summed E-state index contributed by atoms with van der Waals surface area (Å²) in [6, 6.07) is 7.76. The topological polar surface area (TPSA) is 49.3 Å². The van der Waals surface area contributed by atoms with E-state index in [1.54, 1.807) is 18.2 Å². The van der Waals surface area contributed by atoms with Crippen molar-refractivity contribution in [2.75, 3.05) is 0 Å². The molecule has 0 saturated carbocycles. The smallest absolute Gasteiger partial charge is 0.431 e. The molecule has 0 spiro atoms. The molecular weight excluding hydrogens is 267 g/mol. The van der Waals surface area contributed by atoms with Gasteiger partial charge in [0.15, 0.2) is 0 Å². The van der Waals surface area contributed by atoms with E-state index in [0.717, 1.165) is 5.41 Å². The third-order valence-corrected chi connectivity index (χ3v) is 3.67. The molecule has 1 unspecified atom stereocenters. The van der Waals surface area contributed by atoms with Crippen molar-refractivity contribution in [2.45, 2.75) is 11.0 Å². The van der Waals surface area contributed by atoms with Crippen molar-refractivity contribution in [3.8, 4) is 0 Å². The molecule has 1 aromatic rings. The normalized spacial score (nSPS) is 23.4. The summed E-state index contributed by atoms with van der Waals surface area (Å²) in [7, 11) is 0. The maximum Gasteiger partial charge on any atom is 0.431 e. The van der Waals surface area contributed by atoms with E-state index in [2.05, 4.69) is 5.32 Å². The Balaban J connectivity index is 2.38. The molecule has 1 atom stereocenters. The van der Waals surface area contributed by atoms with Crippen molar-refractivity contribution in [3.05, 3.63) is 47.0 Å². The molecule has 18 heavy (non-hydrogen) atoms. The lowest BCUT2D eigenvalue weighted by molar-refractivity contribution is -0.141. The van der Waals surface area contributed by atoms with Gasteiger partial charge in [0.1, 0.15) is 5.70 Å². The van der Waals surface area contributed by atoms with Gasteiger partial charge in [0.2, 0.25) is 4.87 Å². The van der Waals surface area contributed by atoms with Crippen molar-refractivity contribution in [2.24, 2.45) is 0 Å². The molecule has 3 nitrogen and oxygen atoms in total. The number of benzene rings is 1. The van der Waals surface area contributed by atoms with Crippen molar-refractivity contribution >= 4 is 17.7 Å². The molecule has 2 N–H and O–H groups in total. The fourth-order valence-electron chi connectivity index (χ4n) is 1.57. The number of allylic oxidation sites excluding steroid dienone is 1. The number of carboxylic acid groups (broad SMARTS) is 1. The van der Waals surface area contributed by atoms with E-state index in [0.29, 0.717) is 11.8 Å². The predicted octanol–water partition coefficient (Wildman–Crippen LogP) is 2.66. The van der Waals surface area contributed by atoms with Gasteiger partial charge in [-0.15, -0.1) is 0 Å². The molecule has 0 radical (unpaired) electrons. The zero-order chi connectivity index (χ0) is 13.4. The number of aliphatic carboxylic acids is 1. The fraction of sp³-hybridized carbons (Fsp3) is 0.182. The molecule has 0 amide bonds. The third-order valence-electron chi connectivity index (χ3n) is 2.45. The van der Waals surface area contributed by atoms with Crippen molar-refractivity contribution in [1.29, 1.82) is 0 Å². The van der Waals surface area contributed by atoms with E-state index in [9.17, 15) is 23.1 Å². The van der Waals surface area contributed by atoms with Crippen molar-refractivity contribution in [1.82, 2.24) is 5.32 Å². The Morgan fingerprint density at radius 2 is 1.89 bits per heavy atom. The summed E-state index contributed by atoms with van der Waals surface area (Å²) in [5, 5.41) is 12.1. The monoisotopic (exact) mass is 275 g/mol. The lowest BCUT2D eigenvalue weighted by Crippen LogP contribution is -2.45. The molecule has 0 fully saturated rings. The van der Waals surface area contributed by atoms with Gasteiger partial charge in [0.05, 0.1) is 0 Å². The van der Waals surface area contributed by atoms with Gasteiger partial charge in [-0.1, -0.05) is 42.1 Å². The lowest BCUT2D eigenvalue weighted by atomic mass is 10.1. The second-order valence-electron chi connectivity index (χ2n) is 3.62. The van der Waals surface area contributed by atoms with Crippen LogP contribution in [0.4, 0.5) is 13.2 Å². The van der Waals surface area contributed by atoms with E-state index >= 15 is 0 Å². The van der Waals surface area contributed by atoms with Crippen molar-refractivity contribution < 1.29 is 23.1 Å². The number of hydrogen-bond donors (Lipinski definition) is 2. The zero-order valence-electron chi connectivity index (χ0n) is 8.86. The quantitative estimate of drug-likeness (QED) is 0.871. The van der Waals surface area contributed by atoms with Crippen LogP contribution in [0.15, 0.2) is 41.4 Å². The Labute approximate surface area is 105 Å². The van der Waals surface area contributed by atoms with Gasteiger partial charge in [-0.2, -0.15) is 13.2 Å². The number of nitrogens with one attached hydrogen (secondary N) is 1. The Bertz CT molecular complexity index is 501. The van der Waals surface area contributed by atoms with Gasteiger partial charge in [0.25, 0.3) is 0 Å². The maximum absolute atomic E-state index is 12.5. The van der Waals surface area contributed by atoms with E-state index in [1.807, 2.05) is 0 Å². The van der Waals surface area contributed by atoms with Crippen LogP contribution in [-0.2, 0) is 9.67 Å². The van der Waals surface area contributed by atoms with Gasteiger partial charge in [-0.25, -0.2) is 4.79 Å². The summed E-state index contributed by atoms with van der Waals surface area (Å²) in [4.78, 5) is 9.50. The Kier molecular flexibility index (Phi) is 3.02. The van der Waals surface area contributed by atoms with Gasteiger partial charge in [0, 0.05) is 5.41 Å². The molecule has 0 aliphatic carbocycles. The molecule has 1 aliphatic heterocycles. The van der Waals surface area contributed by atoms with E-state index < -0.39 is 22.7 Å². The first-order valence-electron chi connectivity index (χ1n) is 4.88. The Hall–Kier alpha value is -1.63. The van der Waals surface area contributed by atoms with Crippen LogP contribution in [0.25, 0.3) is 0 Å². The lowest BCUT2D eigenvalue weighted by Gasteiger charge is -2.26. The minimum absolute atomic E-state index is 0.262. The van der Waals surface area contributed by atoms with Crippen LogP contribution in [0, 0.1) is 0 Å². The third kappa shape index (κ3) is 2.05. The minimum atomic E-state index is -4.58. The summed E-state index contributed by atoms with van der Waals surface area (Å²) in [5.41, 5.74) is -0.781. The molecule has 7 heteroatoms. The molecule has 2 rings (SSSR count). The molecule has 1 aromatic carbocycles. The molecule has 0 saturated heterocycles. The average molecular weight is 275 g/mol. The first-order valence-corrected chi connectivity index (χ1v) is 5.76. The SMILES string of the molecule is O=C(O)C1(c2ccccc2)NC(C(F)(F)F)=CS1. The Morgan fingerprint density at radius 3 is 2.33 bits per heavy atom. The van der Waals surface area contributed by atoms with Crippen LogP contribution in [0.1, 0.15) is 5.56 Å². The predicted molar refractivity (Wildman–Crippen MR) is 60.6 cm³/mol. The van der Waals surface area contributed by atoms with Crippen LogP contribution in [0.3, 0.4) is 0 Å². The summed E-state index contributed by atoms with van der Waals surface area (Å²) in [6.07, 6.45) is -4.58. The average Bonchev–Trinajstić information content (AvgIpc) is 2.76. The second kappa shape index (κ2) is 4.24. The number of carbonyl (C=O) groups is 1. The van der Waals surface area contributed by atoms with E-state index in [1.165, 1.54) is 12.1 Å². The minimum Gasteiger partial charge on any atom is -0.479 e. The van der Waals surface area contributed by atoms with Gasteiger partial charge < -0.3 is 10.4 Å². The first-order chi connectivity index (χ1) is 8.36. The van der Waals surface area contributed by atoms with Crippen LogP contribution >= 0.6 is 11.8 Å². The zero-order valence-corrected chi connectivity index (χ0v) is 9.68. The maximum atomic E-state index is 12.5. The first kappa shape index (κ1) is 12.8. The van der Waals surface area contributed by atoms with E-state index in [4.69, 9.17) is 0 Å². The number of rotatable bonds is 2. The van der Waals surface area contributed by atoms with E-state index in [-0.39, 0.29) is 5.56 Å². The molecule has 0 aromatic heterocycles. The highest BCUT2D eigenvalue weighted by Crippen LogP contribution is 2.44. The molecule has 96 valence electrons. The fourth-order valence-corrected chi connectivity index (χ4v) is 2.60. The summed E-state index contributed by atoms with van der Waals surface area (Å²) >= 11 is 0.593. The van der Waals surface area contributed by atoms with Crippen LogP contribution in [0.2, 0.25) is 0 Å². The largest absolute Gasteiger partial charge is 0.479 e. The number of alkyl halides is 3. The number of halogens is 3. The molecule has 1 heterocycles. The van der Waals surface area contributed by atoms with Crippen molar-refractivity contribution in [3.63, 3.8) is 0 Å². The molecular formula is C11H8F3NO2S. The standard InChI is InChI=1S/C11H8F3NO2S/c12-11(13,14)8-6-18-10(15-8,9(16)17)7-4-2-1-3-5-7/h1-6,15H,(H,16,17). The van der Waals surface area contributed by atoms with Gasteiger partial charge in [-0.3, -0.25) is 0 Å². The second-order valence-corrected chi connectivity index (χ2v) is 4.71. The van der Waals surface area contributed by atoms with Crippen LogP contribution in [0.5, 0.6) is 0 Å². The van der Waals surface area contributed by atoms with Gasteiger partial charge in [-0.05, 0) is 5.56 Å². The molecule has 1 aliphatic rings. The summed E-state index contributed by atoms with van der Waals surface area (Å²) < 4.78 is 37.6. The summed E-state index contributed by atoms with van der Waals surface area (Å²) in [6.45, 7) is 0. The summed E-state index contributed by atoms with van der Waals surface area (Å²) in [5.74, 6) is -1.37. The van der Waals surface area contributed by atoms with Gasteiger partial charge >= 0.3 is 12.1 Å². The van der Waals surface area contributed by atoms with Crippen LogP contribution < -0.4 is 5.32 Å². The number of thioether (sulfide) groups is 1. The highest BCUT2D eigenvalue weighted by molar-refractivity contribution is 8.04.